The molecule has 0 heterocycles. The Bertz CT molecular complexity index is 884. The lowest BCUT2D eigenvalue weighted by atomic mass is 10.0. The Kier molecular flexibility index (Phi) is 41.8. The molecule has 1 rings (SSSR count). The third-order valence-electron chi connectivity index (χ3n) is 12.7. The smallest absolute Gasteiger partial charge is 0.306 e. The van der Waals surface area contributed by atoms with Gasteiger partial charge in [-0.3, -0.25) is 14.3 Å². The van der Waals surface area contributed by atoms with Crippen molar-refractivity contribution in [2.75, 3.05) is 26.2 Å². The molecule has 0 aromatic rings. The van der Waals surface area contributed by atoms with Gasteiger partial charge in [0.2, 0.25) is 0 Å². The van der Waals surface area contributed by atoms with Crippen molar-refractivity contribution in [3.05, 3.63) is 0 Å². The van der Waals surface area contributed by atoms with Crippen molar-refractivity contribution in [2.45, 2.75) is 296 Å². The van der Waals surface area contributed by atoms with Gasteiger partial charge in [-0.25, -0.2) is 0 Å². The topological polar surface area (TPSA) is 67.9 Å². The maximum Gasteiger partial charge on any atom is 0.306 e. The number of hydrogen-bond acceptors (Lipinski definition) is 7. The Morgan fingerprint density at radius 2 is 0.864 bits per heavy atom. The van der Waals surface area contributed by atoms with Crippen LogP contribution in [0, 0.1) is 0 Å². The number of esters is 2. The van der Waals surface area contributed by atoms with Gasteiger partial charge in [0.15, 0.2) is 0 Å². The van der Waals surface area contributed by atoms with Gasteiger partial charge < -0.3 is 14.4 Å². The van der Waals surface area contributed by atoms with Crippen LogP contribution >= 0.6 is 11.9 Å². The van der Waals surface area contributed by atoms with E-state index in [-0.39, 0.29) is 24.1 Å². The third kappa shape index (κ3) is 37.5. The quantitative estimate of drug-likeness (QED) is 0.0372. The monoisotopic (exact) mass is 851 g/mol. The minimum absolute atomic E-state index is 0.0138. The minimum atomic E-state index is 0.0138. The van der Waals surface area contributed by atoms with E-state index in [4.69, 9.17) is 9.47 Å². The first kappa shape index (κ1) is 56.2. The predicted molar refractivity (Wildman–Crippen MR) is 258 cm³/mol. The van der Waals surface area contributed by atoms with E-state index in [0.29, 0.717) is 12.8 Å². The van der Waals surface area contributed by atoms with Gasteiger partial charge in [0.05, 0.1) is 0 Å². The van der Waals surface area contributed by atoms with Crippen LogP contribution in [-0.4, -0.2) is 60.5 Å². The zero-order chi connectivity index (χ0) is 42.7. The van der Waals surface area contributed by atoms with E-state index in [2.05, 4.69) is 37.3 Å². The number of nitrogens with zero attached hydrogens (tertiary/aromatic N) is 1. The SMILES string of the molecule is CCCCCCCCC(CC)OC(=O)CCCCCCCN(CCCCCCCC(=O)OC(CCCCCCCC)CCCCCCCC)CCCNSC1CCCC1. The summed E-state index contributed by atoms with van der Waals surface area (Å²) >= 11 is 1.99. The normalized spacial score (nSPS) is 13.9. The second-order valence-electron chi connectivity index (χ2n) is 18.5. The van der Waals surface area contributed by atoms with Crippen LogP contribution in [0.2, 0.25) is 0 Å². The van der Waals surface area contributed by atoms with Crippen LogP contribution in [0.4, 0.5) is 0 Å². The minimum Gasteiger partial charge on any atom is -0.462 e. The molecule has 1 aliphatic rings. The first-order chi connectivity index (χ1) is 29.0. The Morgan fingerprint density at radius 3 is 1.32 bits per heavy atom. The van der Waals surface area contributed by atoms with Gasteiger partial charge in [0.25, 0.3) is 0 Å². The number of carbonyl (C=O) groups excluding carboxylic acids is 2. The summed E-state index contributed by atoms with van der Waals surface area (Å²) in [6.45, 7) is 13.6. The summed E-state index contributed by atoms with van der Waals surface area (Å²) in [6, 6.07) is 0. The van der Waals surface area contributed by atoms with E-state index in [9.17, 15) is 9.59 Å². The molecule has 1 N–H and O–H groups in total. The Balaban J connectivity index is 2.31. The highest BCUT2D eigenvalue weighted by molar-refractivity contribution is 7.98. The summed E-state index contributed by atoms with van der Waals surface area (Å²) < 4.78 is 15.6. The number of ether oxygens (including phenoxy) is 2. The van der Waals surface area contributed by atoms with Gasteiger partial charge in [-0.1, -0.05) is 187 Å². The standard InChI is InChI=1S/C52H102N2O4S/c1-5-9-12-15-20-27-37-48(8-4)57-51(55)42-30-23-18-25-34-45-54(47-36-44-53-59-50-40-32-33-41-50)46-35-26-19-24-31-43-52(56)58-49(38-28-21-16-13-10-6-2)39-29-22-17-14-11-7-3/h48-50,53H,5-47H2,1-4H3. The number of unbranched alkanes of at least 4 members (excludes halogenated alkanes) is 23. The van der Waals surface area contributed by atoms with E-state index < -0.39 is 0 Å². The number of hydrogen-bond donors (Lipinski definition) is 1. The highest BCUT2D eigenvalue weighted by Gasteiger charge is 2.16. The molecule has 0 spiro atoms. The van der Waals surface area contributed by atoms with Gasteiger partial charge in [-0.2, -0.15) is 0 Å². The molecule has 0 aliphatic heterocycles. The highest BCUT2D eigenvalue weighted by atomic mass is 32.2. The lowest BCUT2D eigenvalue weighted by Gasteiger charge is -2.22. The van der Waals surface area contributed by atoms with Gasteiger partial charge in [-0.05, 0) is 110 Å². The van der Waals surface area contributed by atoms with Gasteiger partial charge in [0.1, 0.15) is 12.2 Å². The molecule has 350 valence electrons. The molecule has 0 radical (unpaired) electrons. The van der Waals surface area contributed by atoms with Crippen LogP contribution < -0.4 is 4.72 Å². The third-order valence-corrected chi connectivity index (χ3v) is 13.9. The molecular formula is C52H102N2O4S. The van der Waals surface area contributed by atoms with Crippen LogP contribution in [0.25, 0.3) is 0 Å². The van der Waals surface area contributed by atoms with Crippen LogP contribution in [0.15, 0.2) is 0 Å². The molecule has 1 aliphatic carbocycles. The predicted octanol–water partition coefficient (Wildman–Crippen LogP) is 16.0. The average molecular weight is 851 g/mol. The number of nitrogens with one attached hydrogen (secondary N) is 1. The van der Waals surface area contributed by atoms with Gasteiger partial charge in [-0.15, -0.1) is 0 Å². The maximum atomic E-state index is 12.9. The van der Waals surface area contributed by atoms with Crippen LogP contribution in [-0.2, 0) is 19.1 Å². The average Bonchev–Trinajstić information content (AvgIpc) is 3.76. The summed E-state index contributed by atoms with van der Waals surface area (Å²) in [5.41, 5.74) is 0. The first-order valence-corrected chi connectivity index (χ1v) is 27.4. The summed E-state index contributed by atoms with van der Waals surface area (Å²) in [5.74, 6) is 0.0570. The molecule has 0 aromatic heterocycles. The molecule has 1 fully saturated rings. The van der Waals surface area contributed by atoms with E-state index in [1.165, 1.54) is 206 Å². The molecule has 1 saturated carbocycles. The molecule has 0 amide bonds. The van der Waals surface area contributed by atoms with Gasteiger partial charge >= 0.3 is 11.9 Å². The highest BCUT2D eigenvalue weighted by Crippen LogP contribution is 2.27. The molecule has 1 unspecified atom stereocenters. The largest absolute Gasteiger partial charge is 0.462 e. The fourth-order valence-electron chi connectivity index (χ4n) is 8.72. The Labute approximate surface area is 372 Å². The van der Waals surface area contributed by atoms with Crippen LogP contribution in [0.5, 0.6) is 0 Å². The summed E-state index contributed by atoms with van der Waals surface area (Å²) in [7, 11) is 0. The molecular weight excluding hydrogens is 749 g/mol. The molecule has 59 heavy (non-hydrogen) atoms. The lowest BCUT2D eigenvalue weighted by molar-refractivity contribution is -0.150. The van der Waals surface area contributed by atoms with Crippen LogP contribution in [0.1, 0.15) is 278 Å². The van der Waals surface area contributed by atoms with Crippen LogP contribution in [0.3, 0.4) is 0 Å². The van der Waals surface area contributed by atoms with Crippen molar-refractivity contribution in [1.29, 1.82) is 0 Å². The van der Waals surface area contributed by atoms with E-state index in [1.54, 1.807) is 0 Å². The van der Waals surface area contributed by atoms with E-state index in [1.807, 2.05) is 11.9 Å². The van der Waals surface area contributed by atoms with Crippen molar-refractivity contribution in [3.63, 3.8) is 0 Å². The molecule has 0 saturated heterocycles. The first-order valence-electron chi connectivity index (χ1n) is 26.5. The van der Waals surface area contributed by atoms with Crippen molar-refractivity contribution in [3.8, 4) is 0 Å². The molecule has 0 aromatic carbocycles. The number of carbonyl (C=O) groups is 2. The second kappa shape index (κ2) is 43.8. The summed E-state index contributed by atoms with van der Waals surface area (Å²) in [6.07, 6.45) is 47.0. The number of rotatable bonds is 46. The van der Waals surface area contributed by atoms with Crippen molar-refractivity contribution >= 4 is 23.9 Å². The zero-order valence-electron chi connectivity index (χ0n) is 40.1. The van der Waals surface area contributed by atoms with Gasteiger partial charge in [0, 0.05) is 24.6 Å². The van der Waals surface area contributed by atoms with Crippen molar-refractivity contribution in [1.82, 2.24) is 9.62 Å². The summed E-state index contributed by atoms with van der Waals surface area (Å²) in [4.78, 5) is 28.1. The molecule has 1 atom stereocenters. The molecule has 7 heteroatoms. The zero-order valence-corrected chi connectivity index (χ0v) is 40.9. The fourth-order valence-corrected chi connectivity index (χ4v) is 9.79. The van der Waals surface area contributed by atoms with E-state index >= 15 is 0 Å². The van der Waals surface area contributed by atoms with Crippen molar-refractivity contribution in [2.24, 2.45) is 0 Å². The second-order valence-corrected chi connectivity index (χ2v) is 19.6. The molecule has 6 nitrogen and oxygen atoms in total. The van der Waals surface area contributed by atoms with E-state index in [0.717, 1.165) is 63.2 Å². The van der Waals surface area contributed by atoms with Crippen molar-refractivity contribution < 1.29 is 19.1 Å². The Hall–Kier alpha value is -0.790. The maximum absolute atomic E-state index is 12.9. The molecule has 0 bridgehead atoms. The fraction of sp³-hybridized carbons (Fsp3) is 0.962. The Morgan fingerprint density at radius 1 is 0.492 bits per heavy atom. The summed E-state index contributed by atoms with van der Waals surface area (Å²) in [5, 5.41) is 0.824. The lowest BCUT2D eigenvalue weighted by Crippen LogP contribution is -2.29.